The quantitative estimate of drug-likeness (QED) is 0.750. The third-order valence-corrected chi connectivity index (χ3v) is 5.28. The van der Waals surface area contributed by atoms with Crippen LogP contribution in [0, 0.1) is 0 Å². The fourth-order valence-corrected chi connectivity index (χ4v) is 3.54. The molecule has 1 aliphatic carbocycles. The van der Waals surface area contributed by atoms with Crippen molar-refractivity contribution in [1.29, 1.82) is 0 Å². The van der Waals surface area contributed by atoms with Gasteiger partial charge in [0.2, 0.25) is 5.91 Å². The fourth-order valence-electron chi connectivity index (χ4n) is 3.54. The number of nitrogens with zero attached hydrogens (tertiary/aromatic N) is 1. The fraction of sp³-hybridized carbons (Fsp3) is 0.364. The number of amides is 1. The van der Waals surface area contributed by atoms with Gasteiger partial charge in [0, 0.05) is 30.5 Å². The van der Waals surface area contributed by atoms with Crippen LogP contribution in [0.5, 0.6) is 5.88 Å². The van der Waals surface area contributed by atoms with Crippen LogP contribution in [0.3, 0.4) is 0 Å². The smallest absolute Gasteiger partial charge is 0.858 e. The summed E-state index contributed by atoms with van der Waals surface area (Å²) in [7, 11) is 0. The number of rotatable bonds is 5. The van der Waals surface area contributed by atoms with E-state index in [9.17, 15) is 18.7 Å². The van der Waals surface area contributed by atoms with Gasteiger partial charge in [0.05, 0.1) is 5.69 Å². The van der Waals surface area contributed by atoms with Crippen molar-refractivity contribution in [3.8, 4) is 5.88 Å². The monoisotopic (exact) mass is 406 g/mol. The SMILES string of the molecule is CC(F)(F)c1ccc(/C(=C/[C@H]2CCC(=O)N2)c2ccc(C3CC3)c([O-])n2)cc1.[Na+]. The predicted octanol–water partition coefficient (Wildman–Crippen LogP) is 0.859. The summed E-state index contributed by atoms with van der Waals surface area (Å²) < 4.78 is 27.1. The van der Waals surface area contributed by atoms with Gasteiger partial charge < -0.3 is 10.4 Å². The molecule has 1 aromatic heterocycles. The number of carbonyl (C=O) groups is 1. The van der Waals surface area contributed by atoms with Gasteiger partial charge in [-0.3, -0.25) is 9.78 Å². The van der Waals surface area contributed by atoms with Crippen LogP contribution < -0.4 is 40.0 Å². The number of hydrogen-bond donors (Lipinski definition) is 1. The van der Waals surface area contributed by atoms with E-state index in [1.165, 1.54) is 12.1 Å². The maximum absolute atomic E-state index is 13.5. The van der Waals surface area contributed by atoms with E-state index in [1.54, 1.807) is 18.2 Å². The van der Waals surface area contributed by atoms with E-state index in [1.807, 2.05) is 12.1 Å². The van der Waals surface area contributed by atoms with Crippen LogP contribution in [0.2, 0.25) is 0 Å². The molecule has 146 valence electrons. The van der Waals surface area contributed by atoms with Crippen molar-refractivity contribution in [3.63, 3.8) is 0 Å². The first-order chi connectivity index (χ1) is 13.3. The van der Waals surface area contributed by atoms with Gasteiger partial charge >= 0.3 is 29.6 Å². The van der Waals surface area contributed by atoms with Gasteiger partial charge in [0.15, 0.2) is 0 Å². The van der Waals surface area contributed by atoms with E-state index >= 15 is 0 Å². The van der Waals surface area contributed by atoms with Crippen LogP contribution in [0.25, 0.3) is 5.57 Å². The Bertz CT molecular complexity index is 935. The van der Waals surface area contributed by atoms with Gasteiger partial charge in [0.25, 0.3) is 5.92 Å². The average Bonchev–Trinajstić information content (AvgIpc) is 3.40. The minimum atomic E-state index is -2.92. The van der Waals surface area contributed by atoms with Gasteiger partial charge in [-0.05, 0) is 48.3 Å². The van der Waals surface area contributed by atoms with Crippen molar-refractivity contribution in [1.82, 2.24) is 10.3 Å². The van der Waals surface area contributed by atoms with Crippen molar-refractivity contribution in [3.05, 3.63) is 64.9 Å². The number of alkyl halides is 2. The zero-order valence-corrected chi connectivity index (χ0v) is 18.5. The molecule has 4 nitrogen and oxygen atoms in total. The maximum atomic E-state index is 13.5. The Morgan fingerprint density at radius 3 is 2.38 bits per heavy atom. The summed E-state index contributed by atoms with van der Waals surface area (Å²) in [4.78, 5) is 15.8. The summed E-state index contributed by atoms with van der Waals surface area (Å²) in [5.74, 6) is -2.88. The van der Waals surface area contributed by atoms with Gasteiger partial charge in [-0.15, -0.1) is 0 Å². The van der Waals surface area contributed by atoms with Gasteiger partial charge in [-0.2, -0.15) is 0 Å². The van der Waals surface area contributed by atoms with E-state index in [2.05, 4.69) is 10.3 Å². The molecule has 7 heteroatoms. The zero-order chi connectivity index (χ0) is 19.9. The number of halogens is 2. The third kappa shape index (κ3) is 5.05. The van der Waals surface area contributed by atoms with Crippen LogP contribution in [-0.4, -0.2) is 16.9 Å². The van der Waals surface area contributed by atoms with Crippen LogP contribution in [-0.2, 0) is 10.7 Å². The zero-order valence-electron chi connectivity index (χ0n) is 16.5. The second kappa shape index (κ2) is 8.54. The molecular weight excluding hydrogens is 385 g/mol. The van der Waals surface area contributed by atoms with Crippen molar-refractivity contribution in [2.24, 2.45) is 0 Å². The van der Waals surface area contributed by atoms with Crippen LogP contribution >= 0.6 is 0 Å². The van der Waals surface area contributed by atoms with Crippen molar-refractivity contribution >= 4 is 11.5 Å². The molecule has 1 N–H and O–H groups in total. The summed E-state index contributed by atoms with van der Waals surface area (Å²) >= 11 is 0. The first kappa shape index (κ1) is 21.9. The molecule has 2 heterocycles. The molecule has 1 atom stereocenters. The van der Waals surface area contributed by atoms with E-state index in [-0.39, 0.29) is 52.9 Å². The molecule has 0 spiro atoms. The molecule has 0 unspecified atom stereocenters. The standard InChI is InChI=1S/C22H22F2N2O2.Na/c1-22(23,24)15-6-4-14(5-7-15)18(12-16-8-11-20(27)25-16)19-10-9-17(13-2-3-13)21(28)26-19;/h4-7,9-10,12-13,16H,2-3,8,11H2,1H3,(H,25,27)(H,26,28);/q;+1/p-1/b18-12-;/t16-;/m1./s1. The molecule has 4 rings (SSSR count). The number of pyridine rings is 1. The van der Waals surface area contributed by atoms with Crippen molar-refractivity contribution in [2.45, 2.75) is 50.5 Å². The Balaban J connectivity index is 0.00000240. The molecule has 2 aliphatic rings. The first-order valence-corrected chi connectivity index (χ1v) is 9.49. The number of aromatic nitrogens is 1. The molecule has 1 aliphatic heterocycles. The second-order valence-electron chi connectivity index (χ2n) is 7.62. The second-order valence-corrected chi connectivity index (χ2v) is 7.62. The predicted molar refractivity (Wildman–Crippen MR) is 99.9 cm³/mol. The van der Waals surface area contributed by atoms with Crippen LogP contribution in [0.1, 0.15) is 60.9 Å². The van der Waals surface area contributed by atoms with E-state index in [0.717, 1.165) is 25.3 Å². The van der Waals surface area contributed by atoms with Crippen molar-refractivity contribution in [2.75, 3.05) is 0 Å². The minimum absolute atomic E-state index is 0. The summed E-state index contributed by atoms with van der Waals surface area (Å²) in [6, 6.07) is 9.43. The summed E-state index contributed by atoms with van der Waals surface area (Å²) in [5.41, 5.74) is 2.49. The average molecular weight is 406 g/mol. The summed E-state index contributed by atoms with van der Waals surface area (Å²) in [6.45, 7) is 0.856. The Hall–Kier alpha value is -1.76. The Kier molecular flexibility index (Phi) is 6.46. The first-order valence-electron chi connectivity index (χ1n) is 9.49. The Labute approximate surface area is 190 Å². The van der Waals surface area contributed by atoms with Crippen LogP contribution in [0.4, 0.5) is 8.78 Å². The maximum Gasteiger partial charge on any atom is 1.00 e. The molecular formula is C22H21F2N2NaO2. The number of nitrogens with one attached hydrogen (secondary N) is 1. The summed E-state index contributed by atoms with van der Waals surface area (Å²) in [5, 5.41) is 15.3. The van der Waals surface area contributed by atoms with E-state index in [4.69, 9.17) is 0 Å². The molecule has 1 saturated carbocycles. The molecule has 1 saturated heterocycles. The number of benzene rings is 1. The molecule has 0 radical (unpaired) electrons. The molecule has 2 aromatic rings. The largest absolute Gasteiger partial charge is 1.00 e. The third-order valence-electron chi connectivity index (χ3n) is 5.28. The van der Waals surface area contributed by atoms with E-state index in [0.29, 0.717) is 35.6 Å². The molecule has 29 heavy (non-hydrogen) atoms. The Morgan fingerprint density at radius 1 is 1.17 bits per heavy atom. The topological polar surface area (TPSA) is 65.0 Å². The molecule has 1 aromatic carbocycles. The molecule has 0 bridgehead atoms. The molecule has 1 amide bonds. The number of hydrogen-bond acceptors (Lipinski definition) is 3. The normalized spacial score (nSPS) is 19.6. The van der Waals surface area contributed by atoms with Gasteiger partial charge in [-0.25, -0.2) is 8.78 Å². The van der Waals surface area contributed by atoms with Gasteiger partial charge in [0.1, 0.15) is 0 Å². The van der Waals surface area contributed by atoms with E-state index < -0.39 is 5.92 Å². The van der Waals surface area contributed by atoms with Gasteiger partial charge in [-0.1, -0.05) is 36.4 Å². The molecule has 2 fully saturated rings. The van der Waals surface area contributed by atoms with Crippen LogP contribution in [0.15, 0.2) is 42.5 Å². The van der Waals surface area contributed by atoms with Crippen molar-refractivity contribution < 1.29 is 48.2 Å². The minimum Gasteiger partial charge on any atom is -0.858 e. The number of carbonyl (C=O) groups excluding carboxylic acids is 1. The summed E-state index contributed by atoms with van der Waals surface area (Å²) in [6.07, 6.45) is 4.98. The Morgan fingerprint density at radius 2 is 1.86 bits per heavy atom.